The Morgan fingerprint density at radius 1 is 0.945 bits per heavy atom. The van der Waals surface area contributed by atoms with Gasteiger partial charge in [0.1, 0.15) is 30.8 Å². The molecule has 6 atom stereocenters. The number of nitriles is 1. The summed E-state index contributed by atoms with van der Waals surface area (Å²) in [5, 5.41) is 46.3. The van der Waals surface area contributed by atoms with Crippen LogP contribution in [0.5, 0.6) is 23.0 Å². The molecule has 16 heteroatoms. The third-order valence-electron chi connectivity index (χ3n) is 14.2. The van der Waals surface area contributed by atoms with Crippen molar-refractivity contribution in [3.63, 3.8) is 0 Å². The number of aliphatic hydroxyl groups excluding tert-OH is 2. The van der Waals surface area contributed by atoms with Crippen molar-refractivity contribution in [1.29, 1.82) is 5.26 Å². The van der Waals surface area contributed by atoms with E-state index >= 15 is 4.79 Å². The SMILES string of the molecule is C=CCOC12Oc3ccc(OCc4cccc(C)n4)cc3C3C(CCCCO)C(CCCCO)C=C(C(=NOCc4ccc([N+](=O)[O-])cc4)CC1N(Cc1ccc4c(c1)OCO4)C(=O)c1ccc(C#N)cc1)C32. The molecule has 0 spiro atoms. The number of nitrogens with zero attached hydrogens (tertiary/aromatic N) is 5. The number of benzene rings is 4. The molecule has 16 nitrogen and oxygen atoms in total. The van der Waals surface area contributed by atoms with Gasteiger partial charge in [-0.2, -0.15) is 5.26 Å². The largest absolute Gasteiger partial charge is 0.487 e. The summed E-state index contributed by atoms with van der Waals surface area (Å²) in [6, 6.07) is 31.1. The second-order valence-corrected chi connectivity index (χ2v) is 18.8. The molecule has 6 unspecified atom stereocenters. The molecule has 4 aromatic carbocycles. The van der Waals surface area contributed by atoms with Crippen LogP contribution in [0.15, 0.2) is 133 Å². The van der Waals surface area contributed by atoms with Crippen molar-refractivity contribution >= 4 is 17.3 Å². The monoisotopic (exact) mass is 989 g/mol. The van der Waals surface area contributed by atoms with E-state index in [1.54, 1.807) is 47.4 Å². The maximum absolute atomic E-state index is 15.6. The Morgan fingerprint density at radius 3 is 2.44 bits per heavy atom. The molecule has 1 aromatic heterocycles. The van der Waals surface area contributed by atoms with Crippen molar-refractivity contribution in [1.82, 2.24) is 9.88 Å². The molecule has 1 fully saturated rings. The molecule has 4 aliphatic rings. The number of hydrogen-bond donors (Lipinski definition) is 2. The average molecular weight is 990 g/mol. The average Bonchev–Trinajstić information content (AvgIpc) is 3.89. The highest BCUT2D eigenvalue weighted by Gasteiger charge is 2.65. The maximum Gasteiger partial charge on any atom is 0.269 e. The van der Waals surface area contributed by atoms with Crippen LogP contribution in [0.25, 0.3) is 0 Å². The zero-order valence-electron chi connectivity index (χ0n) is 40.8. The van der Waals surface area contributed by atoms with Crippen molar-refractivity contribution < 1.29 is 48.5 Å². The third kappa shape index (κ3) is 10.9. The number of non-ortho nitro benzene ring substituents is 1. The van der Waals surface area contributed by atoms with E-state index in [0.29, 0.717) is 58.2 Å². The van der Waals surface area contributed by atoms with Crippen LogP contribution < -0.4 is 18.9 Å². The highest BCUT2D eigenvalue weighted by molar-refractivity contribution is 6.03. The Bertz CT molecular complexity index is 2900. The first-order valence-electron chi connectivity index (χ1n) is 24.8. The minimum Gasteiger partial charge on any atom is -0.487 e. The molecule has 0 bridgehead atoms. The van der Waals surface area contributed by atoms with Crippen LogP contribution in [0.2, 0.25) is 0 Å². The van der Waals surface area contributed by atoms with Gasteiger partial charge in [0, 0.05) is 61.1 Å². The summed E-state index contributed by atoms with van der Waals surface area (Å²) in [4.78, 5) is 39.3. The zero-order valence-corrected chi connectivity index (χ0v) is 40.8. The molecule has 2 aliphatic carbocycles. The van der Waals surface area contributed by atoms with Gasteiger partial charge in [0.25, 0.3) is 11.6 Å². The Labute approximate surface area is 424 Å². The van der Waals surface area contributed by atoms with E-state index in [1.807, 2.05) is 61.5 Å². The van der Waals surface area contributed by atoms with Gasteiger partial charge < -0.3 is 43.6 Å². The first kappa shape index (κ1) is 50.4. The van der Waals surface area contributed by atoms with Gasteiger partial charge in [-0.25, -0.2) is 0 Å². The minimum absolute atomic E-state index is 0.00370. The van der Waals surface area contributed by atoms with Gasteiger partial charge in [-0.05, 0) is 140 Å². The molecule has 378 valence electrons. The lowest BCUT2D eigenvalue weighted by atomic mass is 9.55. The first-order valence-corrected chi connectivity index (χ1v) is 24.8. The number of ether oxygens (including phenoxy) is 5. The van der Waals surface area contributed by atoms with E-state index in [1.165, 1.54) is 12.1 Å². The first-order chi connectivity index (χ1) is 35.6. The number of allylic oxidation sites excluding steroid dienone is 1. The molecule has 0 radical (unpaired) electrons. The lowest BCUT2D eigenvalue weighted by Gasteiger charge is -2.60. The van der Waals surface area contributed by atoms with E-state index < -0.39 is 22.7 Å². The van der Waals surface area contributed by atoms with Gasteiger partial charge in [0.2, 0.25) is 12.6 Å². The van der Waals surface area contributed by atoms with Crippen LogP contribution in [0, 0.1) is 46.1 Å². The van der Waals surface area contributed by atoms with Crippen LogP contribution in [0.4, 0.5) is 5.69 Å². The highest BCUT2D eigenvalue weighted by atomic mass is 16.7. The van der Waals surface area contributed by atoms with E-state index in [2.05, 4.69) is 23.7 Å². The maximum atomic E-state index is 15.6. The van der Waals surface area contributed by atoms with Gasteiger partial charge in [0.15, 0.2) is 11.5 Å². The zero-order chi connectivity index (χ0) is 50.9. The number of aryl methyl sites for hydroxylation is 1. The number of aromatic nitrogens is 1. The molecule has 9 rings (SSSR count). The number of unbranched alkanes of at least 4 members (excludes halogenated alkanes) is 2. The number of aliphatic hydroxyl groups is 2. The van der Waals surface area contributed by atoms with Crippen LogP contribution in [-0.2, 0) is 29.3 Å². The predicted molar refractivity (Wildman–Crippen MR) is 270 cm³/mol. The van der Waals surface area contributed by atoms with Crippen molar-refractivity contribution in [2.45, 2.75) is 89.4 Å². The van der Waals surface area contributed by atoms with Gasteiger partial charge in [-0.15, -0.1) is 6.58 Å². The summed E-state index contributed by atoms with van der Waals surface area (Å²) in [5.74, 6) is -0.711. The molecule has 1 amide bonds. The fraction of sp³-hybridized carbons (Fsp3) is 0.368. The molecular weight excluding hydrogens is 931 g/mol. The normalized spacial score (nSPS) is 21.7. The number of nitro benzene ring substituents is 1. The molecule has 2 N–H and O–H groups in total. The Kier molecular flexibility index (Phi) is 15.8. The van der Waals surface area contributed by atoms with Crippen LogP contribution >= 0.6 is 0 Å². The van der Waals surface area contributed by atoms with Crippen molar-refractivity contribution in [3.8, 4) is 29.1 Å². The number of carbonyl (C=O) groups excluding carboxylic acids is 1. The number of oxime groups is 1. The standard InChI is InChI=1S/C57H59N5O11/c1-3-27-71-57-53(61(56(65)41-18-13-38(32-58)14-19-41)33-40-17-23-51-52(28-40)70-36-69-51)31-49(60-72-34-39-15-20-44(21-16-39)62(66)67)47-29-42(10-4-6-25-63)46(12-5-7-26-64)54(55(47)57)48-30-45(22-24-50(48)73-57)68-35-43-11-8-9-37(2)59-43/h3,8-9,11,13-24,28-30,42,46,53-55,63-64H,1,4-7,10,12,25-27,31,33-36H2,2H3. The molecule has 5 aromatic rings. The number of pyridine rings is 1. The van der Waals surface area contributed by atoms with E-state index in [9.17, 15) is 25.6 Å². The number of fused-ring (bicyclic) bond motifs is 3. The Balaban J connectivity index is 1.24. The molecule has 3 heterocycles. The summed E-state index contributed by atoms with van der Waals surface area (Å²) in [7, 11) is 0. The van der Waals surface area contributed by atoms with Gasteiger partial charge in [-0.1, -0.05) is 42.3 Å². The van der Waals surface area contributed by atoms with Crippen LogP contribution in [-0.4, -0.2) is 75.1 Å². The number of rotatable bonds is 22. The van der Waals surface area contributed by atoms with Gasteiger partial charge >= 0.3 is 0 Å². The third-order valence-corrected chi connectivity index (χ3v) is 14.2. The van der Waals surface area contributed by atoms with E-state index in [4.69, 9.17) is 33.7 Å². The Hall–Kier alpha value is -7.58. The highest BCUT2D eigenvalue weighted by Crippen LogP contribution is 2.62. The van der Waals surface area contributed by atoms with Gasteiger partial charge in [-0.3, -0.25) is 19.9 Å². The molecular formula is C57H59N5O11. The summed E-state index contributed by atoms with van der Waals surface area (Å²) >= 11 is 0. The summed E-state index contributed by atoms with van der Waals surface area (Å²) in [6.45, 7) is 6.49. The van der Waals surface area contributed by atoms with Crippen LogP contribution in [0.1, 0.15) is 94.9 Å². The van der Waals surface area contributed by atoms with Crippen molar-refractivity contribution in [3.05, 3.63) is 177 Å². The lowest BCUT2D eigenvalue weighted by molar-refractivity contribution is -0.384. The number of nitro groups is 1. The molecule has 0 saturated heterocycles. The number of carbonyl (C=O) groups is 1. The van der Waals surface area contributed by atoms with Gasteiger partial charge in [0.05, 0.1) is 40.5 Å². The molecule has 1 saturated carbocycles. The molecule has 73 heavy (non-hydrogen) atoms. The van der Waals surface area contributed by atoms with E-state index in [0.717, 1.165) is 53.8 Å². The predicted octanol–water partition coefficient (Wildman–Crippen LogP) is 9.65. The quantitative estimate of drug-likeness (QED) is 0.0287. The van der Waals surface area contributed by atoms with Crippen LogP contribution in [0.3, 0.4) is 0 Å². The smallest absolute Gasteiger partial charge is 0.269 e. The minimum atomic E-state index is -1.59. The van der Waals surface area contributed by atoms with Crippen molar-refractivity contribution in [2.24, 2.45) is 22.9 Å². The second-order valence-electron chi connectivity index (χ2n) is 18.8. The fourth-order valence-corrected chi connectivity index (χ4v) is 10.9. The lowest BCUT2D eigenvalue weighted by Crippen LogP contribution is -2.70. The Morgan fingerprint density at radius 2 is 1.70 bits per heavy atom. The summed E-state index contributed by atoms with van der Waals surface area (Å²) in [5.41, 5.74) is 6.02. The fourth-order valence-electron chi connectivity index (χ4n) is 10.9. The van der Waals surface area contributed by atoms with E-state index in [-0.39, 0.29) is 82.1 Å². The second kappa shape index (κ2) is 22.9. The number of hydrogen-bond acceptors (Lipinski definition) is 14. The van der Waals surface area contributed by atoms with Crippen molar-refractivity contribution in [2.75, 3.05) is 26.6 Å². The number of amides is 1. The summed E-state index contributed by atoms with van der Waals surface area (Å²) in [6.07, 6.45) is 8.18. The molecule has 2 aliphatic heterocycles. The summed E-state index contributed by atoms with van der Waals surface area (Å²) < 4.78 is 32.7. The topological polar surface area (TPSA) is 208 Å².